The lowest BCUT2D eigenvalue weighted by atomic mass is 10.1. The number of ketones is 1. The maximum atomic E-state index is 12.9. The average molecular weight is 354 g/mol. The lowest BCUT2D eigenvalue weighted by Crippen LogP contribution is -2.13. The normalized spacial score (nSPS) is 10.9. The fourth-order valence-electron chi connectivity index (χ4n) is 2.24. The van der Waals surface area contributed by atoms with Crippen LogP contribution in [0.3, 0.4) is 0 Å². The second kappa shape index (κ2) is 7.86. The van der Waals surface area contributed by atoms with Gasteiger partial charge >= 0.3 is 0 Å². The van der Waals surface area contributed by atoms with Gasteiger partial charge in [-0.05, 0) is 59.7 Å². The van der Waals surface area contributed by atoms with Crippen molar-refractivity contribution in [3.05, 3.63) is 59.9 Å². The second-order valence-electron chi connectivity index (χ2n) is 6.30. The van der Waals surface area contributed by atoms with E-state index in [0.29, 0.717) is 23.9 Å². The summed E-state index contributed by atoms with van der Waals surface area (Å²) in [6.07, 6.45) is 0. The van der Waals surface area contributed by atoms with Crippen LogP contribution in [0, 0.1) is 11.7 Å². The molecule has 6 nitrogen and oxygen atoms in total. The number of tetrazole rings is 1. The smallest absolute Gasteiger partial charge is 0.204 e. The van der Waals surface area contributed by atoms with Crippen LogP contribution in [0.2, 0.25) is 0 Å². The highest BCUT2D eigenvalue weighted by Gasteiger charge is 2.11. The molecule has 0 aliphatic rings. The van der Waals surface area contributed by atoms with Gasteiger partial charge in [-0.3, -0.25) is 4.79 Å². The molecule has 0 spiro atoms. The first-order chi connectivity index (χ1) is 12.5. The Hall–Kier alpha value is -3.09. The van der Waals surface area contributed by atoms with Gasteiger partial charge in [0.15, 0.2) is 5.78 Å². The first kappa shape index (κ1) is 17.7. The third-order valence-electron chi connectivity index (χ3n) is 3.60. The number of hydrogen-bond donors (Lipinski definition) is 0. The van der Waals surface area contributed by atoms with Crippen molar-refractivity contribution in [2.45, 2.75) is 20.4 Å². The highest BCUT2D eigenvalue weighted by atomic mass is 19.1. The molecule has 3 aromatic rings. The van der Waals surface area contributed by atoms with Crippen LogP contribution in [0.5, 0.6) is 5.75 Å². The predicted octanol–water partition coefficient (Wildman–Crippen LogP) is 3.40. The molecular formula is C19H19FN4O2. The number of aromatic nitrogens is 4. The Balaban J connectivity index is 1.65. The summed E-state index contributed by atoms with van der Waals surface area (Å²) in [4.78, 5) is 13.4. The molecule has 0 fully saturated rings. The summed E-state index contributed by atoms with van der Waals surface area (Å²) in [5, 5.41) is 12.1. The van der Waals surface area contributed by atoms with Gasteiger partial charge in [-0.25, -0.2) is 4.39 Å². The van der Waals surface area contributed by atoms with Crippen molar-refractivity contribution < 1.29 is 13.9 Å². The van der Waals surface area contributed by atoms with Gasteiger partial charge in [-0.2, -0.15) is 4.80 Å². The summed E-state index contributed by atoms with van der Waals surface area (Å²) in [5.41, 5.74) is 1.18. The van der Waals surface area contributed by atoms with E-state index in [1.807, 2.05) is 24.3 Å². The highest BCUT2D eigenvalue weighted by molar-refractivity contribution is 5.95. The van der Waals surface area contributed by atoms with Gasteiger partial charge in [0.2, 0.25) is 5.82 Å². The topological polar surface area (TPSA) is 69.9 Å². The molecule has 0 aliphatic heterocycles. The highest BCUT2D eigenvalue weighted by Crippen LogP contribution is 2.19. The molecule has 0 unspecified atom stereocenters. The molecule has 26 heavy (non-hydrogen) atoms. The van der Waals surface area contributed by atoms with Crippen molar-refractivity contribution >= 4 is 5.78 Å². The Bertz CT molecular complexity index is 873. The molecule has 0 saturated heterocycles. The quantitative estimate of drug-likeness (QED) is 0.608. The van der Waals surface area contributed by atoms with Crippen LogP contribution in [0.25, 0.3) is 11.4 Å². The van der Waals surface area contributed by atoms with Crippen LogP contribution in [-0.4, -0.2) is 32.6 Å². The van der Waals surface area contributed by atoms with Crippen LogP contribution in [0.4, 0.5) is 4.39 Å². The van der Waals surface area contributed by atoms with Gasteiger partial charge in [0.05, 0.1) is 6.61 Å². The van der Waals surface area contributed by atoms with E-state index in [1.165, 1.54) is 29.1 Å². The largest absolute Gasteiger partial charge is 0.493 e. The summed E-state index contributed by atoms with van der Waals surface area (Å²) in [6.45, 7) is 4.77. The number of carbonyl (C=O) groups is 1. The molecule has 7 heteroatoms. The monoisotopic (exact) mass is 354 g/mol. The Kier molecular flexibility index (Phi) is 5.36. The van der Waals surface area contributed by atoms with Crippen LogP contribution >= 0.6 is 0 Å². The van der Waals surface area contributed by atoms with E-state index in [1.54, 1.807) is 0 Å². The SMILES string of the molecule is CC(C)COc1ccc(-c2nnn(CC(=O)c3ccc(F)cc3)n2)cc1. The molecule has 1 heterocycles. The van der Waals surface area contributed by atoms with Gasteiger partial charge < -0.3 is 4.74 Å². The van der Waals surface area contributed by atoms with E-state index in [4.69, 9.17) is 4.74 Å². The summed E-state index contributed by atoms with van der Waals surface area (Å²) in [7, 11) is 0. The van der Waals surface area contributed by atoms with Crippen LogP contribution in [-0.2, 0) is 6.54 Å². The van der Waals surface area contributed by atoms with Crippen molar-refractivity contribution in [1.82, 2.24) is 20.2 Å². The van der Waals surface area contributed by atoms with Crippen molar-refractivity contribution in [2.24, 2.45) is 5.92 Å². The maximum Gasteiger partial charge on any atom is 0.204 e. The Morgan fingerprint density at radius 1 is 1.12 bits per heavy atom. The first-order valence-electron chi connectivity index (χ1n) is 8.31. The number of halogens is 1. The maximum absolute atomic E-state index is 12.9. The van der Waals surface area contributed by atoms with Crippen molar-refractivity contribution in [2.75, 3.05) is 6.61 Å². The van der Waals surface area contributed by atoms with E-state index in [0.717, 1.165) is 11.3 Å². The molecule has 0 atom stereocenters. The molecule has 0 aliphatic carbocycles. The number of nitrogens with zero attached hydrogens (tertiary/aromatic N) is 4. The molecule has 0 radical (unpaired) electrons. The van der Waals surface area contributed by atoms with Gasteiger partial charge in [0, 0.05) is 11.1 Å². The summed E-state index contributed by atoms with van der Waals surface area (Å²) < 4.78 is 18.6. The Morgan fingerprint density at radius 3 is 2.46 bits per heavy atom. The molecule has 0 bridgehead atoms. The second-order valence-corrected chi connectivity index (χ2v) is 6.30. The average Bonchev–Trinajstić information content (AvgIpc) is 3.09. The van der Waals surface area contributed by atoms with Crippen molar-refractivity contribution in [3.8, 4) is 17.1 Å². The number of benzene rings is 2. The molecule has 0 saturated carbocycles. The fourth-order valence-corrected chi connectivity index (χ4v) is 2.24. The molecular weight excluding hydrogens is 335 g/mol. The molecule has 0 N–H and O–H groups in total. The van der Waals surface area contributed by atoms with Crippen molar-refractivity contribution in [1.29, 1.82) is 0 Å². The molecule has 3 rings (SSSR count). The van der Waals surface area contributed by atoms with Crippen LogP contribution in [0.15, 0.2) is 48.5 Å². The molecule has 2 aromatic carbocycles. The zero-order valence-electron chi connectivity index (χ0n) is 14.6. The van der Waals surface area contributed by atoms with Crippen LogP contribution < -0.4 is 4.74 Å². The van der Waals surface area contributed by atoms with E-state index in [2.05, 4.69) is 29.3 Å². The third-order valence-corrected chi connectivity index (χ3v) is 3.60. The molecule has 0 amide bonds. The Morgan fingerprint density at radius 2 is 1.81 bits per heavy atom. The first-order valence-corrected chi connectivity index (χ1v) is 8.31. The van der Waals surface area contributed by atoms with E-state index in [9.17, 15) is 9.18 Å². The fraction of sp³-hybridized carbons (Fsp3) is 0.263. The Labute approximate surface area is 150 Å². The number of carbonyl (C=O) groups excluding carboxylic acids is 1. The minimum Gasteiger partial charge on any atom is -0.493 e. The lowest BCUT2D eigenvalue weighted by Gasteiger charge is -2.08. The van der Waals surface area contributed by atoms with Gasteiger partial charge in [-0.15, -0.1) is 10.2 Å². The summed E-state index contributed by atoms with van der Waals surface area (Å²) in [6, 6.07) is 12.8. The van der Waals surface area contributed by atoms with E-state index in [-0.39, 0.29) is 18.1 Å². The zero-order chi connectivity index (χ0) is 18.5. The number of hydrogen-bond acceptors (Lipinski definition) is 5. The predicted molar refractivity (Wildman–Crippen MR) is 94.3 cm³/mol. The zero-order valence-corrected chi connectivity index (χ0v) is 14.6. The van der Waals surface area contributed by atoms with E-state index >= 15 is 0 Å². The van der Waals surface area contributed by atoms with Gasteiger partial charge in [-0.1, -0.05) is 13.8 Å². The summed E-state index contributed by atoms with van der Waals surface area (Å²) >= 11 is 0. The van der Waals surface area contributed by atoms with Crippen LogP contribution in [0.1, 0.15) is 24.2 Å². The number of Topliss-reactive ketones (excluding diaryl/α,β-unsaturated/α-hetero) is 1. The van der Waals surface area contributed by atoms with Crippen molar-refractivity contribution in [3.63, 3.8) is 0 Å². The standard InChI is InChI=1S/C19H19FN4O2/c1-13(2)12-26-17-9-5-15(6-10-17)19-21-23-24(22-19)11-18(25)14-3-7-16(20)8-4-14/h3-10,13H,11-12H2,1-2H3. The molecule has 1 aromatic heterocycles. The van der Waals surface area contributed by atoms with Gasteiger partial charge in [0.1, 0.15) is 18.1 Å². The number of rotatable bonds is 7. The molecule has 134 valence electrons. The van der Waals surface area contributed by atoms with Gasteiger partial charge in [0.25, 0.3) is 0 Å². The van der Waals surface area contributed by atoms with E-state index < -0.39 is 0 Å². The summed E-state index contributed by atoms with van der Waals surface area (Å²) in [5.74, 6) is 1.05. The minimum absolute atomic E-state index is 0.0613. The third kappa shape index (κ3) is 4.50. The lowest BCUT2D eigenvalue weighted by molar-refractivity contribution is 0.0961. The minimum atomic E-state index is -0.386. The number of ether oxygens (including phenoxy) is 1.